The van der Waals surface area contributed by atoms with Crippen molar-refractivity contribution in [2.75, 3.05) is 12.3 Å². The Morgan fingerprint density at radius 2 is 2.11 bits per heavy atom. The van der Waals surface area contributed by atoms with E-state index in [4.69, 9.17) is 0 Å². The fourth-order valence-electron chi connectivity index (χ4n) is 1.89. The molecule has 108 valence electrons. The average molecular weight is 280 g/mol. The van der Waals surface area contributed by atoms with E-state index in [1.807, 2.05) is 18.0 Å². The van der Waals surface area contributed by atoms with Gasteiger partial charge in [-0.05, 0) is 42.7 Å². The van der Waals surface area contributed by atoms with Gasteiger partial charge in [-0.1, -0.05) is 39.7 Å². The largest absolute Gasteiger partial charge is 0.312 e. The van der Waals surface area contributed by atoms with Gasteiger partial charge in [0.25, 0.3) is 0 Å². The normalized spacial score (nSPS) is 11.2. The van der Waals surface area contributed by atoms with Gasteiger partial charge in [-0.2, -0.15) is 0 Å². The summed E-state index contributed by atoms with van der Waals surface area (Å²) in [6.07, 6.45) is 5.92. The summed E-state index contributed by atoms with van der Waals surface area (Å²) in [7, 11) is 0. The van der Waals surface area contributed by atoms with Crippen LogP contribution in [-0.2, 0) is 6.54 Å². The van der Waals surface area contributed by atoms with Crippen molar-refractivity contribution in [3.63, 3.8) is 0 Å². The highest BCUT2D eigenvalue weighted by Crippen LogP contribution is 2.21. The van der Waals surface area contributed by atoms with E-state index in [9.17, 15) is 0 Å². The highest BCUT2D eigenvalue weighted by molar-refractivity contribution is 7.99. The van der Waals surface area contributed by atoms with Gasteiger partial charge >= 0.3 is 0 Å². The van der Waals surface area contributed by atoms with Crippen molar-refractivity contribution in [2.45, 2.75) is 58.5 Å². The Labute approximate surface area is 122 Å². The SMILES string of the molecule is CCCCCSc1ncc(CNCC(C)C)cc1C. The molecule has 0 atom stereocenters. The van der Waals surface area contributed by atoms with Crippen LogP contribution in [0.2, 0.25) is 0 Å². The fraction of sp³-hybridized carbons (Fsp3) is 0.688. The summed E-state index contributed by atoms with van der Waals surface area (Å²) in [6.45, 7) is 10.9. The lowest BCUT2D eigenvalue weighted by molar-refractivity contribution is 0.551. The van der Waals surface area contributed by atoms with Crippen LogP contribution in [0.5, 0.6) is 0 Å². The van der Waals surface area contributed by atoms with Gasteiger partial charge in [0.15, 0.2) is 0 Å². The summed E-state index contributed by atoms with van der Waals surface area (Å²) in [6, 6.07) is 2.27. The summed E-state index contributed by atoms with van der Waals surface area (Å²) in [5.74, 6) is 1.88. The monoisotopic (exact) mass is 280 g/mol. The highest BCUT2D eigenvalue weighted by atomic mass is 32.2. The van der Waals surface area contributed by atoms with Gasteiger partial charge in [-0.15, -0.1) is 11.8 Å². The number of hydrogen-bond donors (Lipinski definition) is 1. The quantitative estimate of drug-likeness (QED) is 0.535. The number of nitrogens with one attached hydrogen (secondary N) is 1. The Bertz CT molecular complexity index is 364. The van der Waals surface area contributed by atoms with Crippen LogP contribution in [0.1, 0.15) is 51.2 Å². The third-order valence-corrected chi connectivity index (χ3v) is 4.15. The van der Waals surface area contributed by atoms with E-state index >= 15 is 0 Å². The molecule has 0 saturated carbocycles. The minimum Gasteiger partial charge on any atom is -0.312 e. The first-order valence-corrected chi connectivity index (χ1v) is 8.41. The fourth-order valence-corrected chi connectivity index (χ4v) is 2.85. The van der Waals surface area contributed by atoms with E-state index in [0.717, 1.165) is 13.1 Å². The van der Waals surface area contributed by atoms with Crippen molar-refractivity contribution in [1.82, 2.24) is 10.3 Å². The summed E-state index contributed by atoms with van der Waals surface area (Å²) in [5, 5.41) is 4.66. The molecule has 1 N–H and O–H groups in total. The minimum absolute atomic E-state index is 0.697. The Hall–Kier alpha value is -0.540. The second-order valence-corrected chi connectivity index (χ2v) is 6.63. The molecule has 2 nitrogen and oxygen atoms in total. The van der Waals surface area contributed by atoms with Crippen molar-refractivity contribution < 1.29 is 0 Å². The van der Waals surface area contributed by atoms with Crippen molar-refractivity contribution in [3.05, 3.63) is 23.4 Å². The smallest absolute Gasteiger partial charge is 0.0989 e. The molecule has 3 heteroatoms. The van der Waals surface area contributed by atoms with Gasteiger partial charge in [-0.3, -0.25) is 0 Å². The molecule has 0 unspecified atom stereocenters. The van der Waals surface area contributed by atoms with Gasteiger partial charge in [0.1, 0.15) is 0 Å². The molecule has 0 fully saturated rings. The van der Waals surface area contributed by atoms with E-state index < -0.39 is 0 Å². The van der Waals surface area contributed by atoms with Gasteiger partial charge in [0.05, 0.1) is 5.03 Å². The molecule has 1 aromatic heterocycles. The van der Waals surface area contributed by atoms with Crippen LogP contribution in [0.4, 0.5) is 0 Å². The van der Waals surface area contributed by atoms with E-state index in [-0.39, 0.29) is 0 Å². The van der Waals surface area contributed by atoms with E-state index in [2.05, 4.69) is 44.1 Å². The van der Waals surface area contributed by atoms with Gasteiger partial charge < -0.3 is 5.32 Å². The number of aromatic nitrogens is 1. The summed E-state index contributed by atoms with van der Waals surface area (Å²) < 4.78 is 0. The lowest BCUT2D eigenvalue weighted by Crippen LogP contribution is -2.19. The maximum absolute atomic E-state index is 4.60. The first-order valence-electron chi connectivity index (χ1n) is 7.42. The Kier molecular flexibility index (Phi) is 8.15. The maximum Gasteiger partial charge on any atom is 0.0989 e. The molecule has 0 bridgehead atoms. The van der Waals surface area contributed by atoms with Crippen LogP contribution in [-0.4, -0.2) is 17.3 Å². The van der Waals surface area contributed by atoms with E-state index in [1.54, 1.807) is 0 Å². The average Bonchev–Trinajstić information content (AvgIpc) is 2.36. The lowest BCUT2D eigenvalue weighted by atomic mass is 10.2. The number of rotatable bonds is 9. The number of aryl methyl sites for hydroxylation is 1. The van der Waals surface area contributed by atoms with Gasteiger partial charge in [0.2, 0.25) is 0 Å². The summed E-state index contributed by atoms with van der Waals surface area (Å²) in [5.41, 5.74) is 2.60. The molecule has 1 heterocycles. The maximum atomic E-state index is 4.60. The van der Waals surface area contributed by atoms with E-state index in [0.29, 0.717) is 5.92 Å². The third-order valence-electron chi connectivity index (χ3n) is 2.96. The minimum atomic E-state index is 0.697. The highest BCUT2D eigenvalue weighted by Gasteiger charge is 2.03. The molecule has 0 radical (unpaired) electrons. The number of pyridine rings is 1. The van der Waals surface area contributed by atoms with Crippen LogP contribution in [0.15, 0.2) is 17.3 Å². The zero-order valence-corrected chi connectivity index (χ0v) is 13.6. The molecular formula is C16H28N2S. The molecule has 0 aliphatic carbocycles. The number of hydrogen-bond acceptors (Lipinski definition) is 3. The molecular weight excluding hydrogens is 252 g/mol. The van der Waals surface area contributed by atoms with Crippen LogP contribution >= 0.6 is 11.8 Å². The molecule has 1 rings (SSSR count). The Balaban J connectivity index is 2.40. The third kappa shape index (κ3) is 6.98. The zero-order chi connectivity index (χ0) is 14.1. The van der Waals surface area contributed by atoms with E-state index in [1.165, 1.54) is 41.2 Å². The van der Waals surface area contributed by atoms with Crippen LogP contribution in [0, 0.1) is 12.8 Å². The molecule has 0 aliphatic rings. The Morgan fingerprint density at radius 1 is 1.32 bits per heavy atom. The second-order valence-electron chi connectivity index (χ2n) is 5.55. The summed E-state index contributed by atoms with van der Waals surface area (Å²) >= 11 is 1.89. The van der Waals surface area contributed by atoms with Crippen molar-refractivity contribution in [1.29, 1.82) is 0 Å². The molecule has 0 amide bonds. The van der Waals surface area contributed by atoms with Crippen molar-refractivity contribution in [2.24, 2.45) is 5.92 Å². The topological polar surface area (TPSA) is 24.9 Å². The first-order chi connectivity index (χ1) is 9.13. The van der Waals surface area contributed by atoms with Gasteiger partial charge in [0, 0.05) is 12.7 Å². The molecule has 0 saturated heterocycles. The molecule has 1 aromatic rings. The van der Waals surface area contributed by atoms with Crippen molar-refractivity contribution in [3.8, 4) is 0 Å². The van der Waals surface area contributed by atoms with Crippen LogP contribution < -0.4 is 5.32 Å². The van der Waals surface area contributed by atoms with Crippen LogP contribution in [0.25, 0.3) is 0 Å². The zero-order valence-electron chi connectivity index (χ0n) is 12.8. The molecule has 0 spiro atoms. The number of nitrogens with zero attached hydrogens (tertiary/aromatic N) is 1. The molecule has 0 aliphatic heterocycles. The van der Waals surface area contributed by atoms with Gasteiger partial charge in [-0.25, -0.2) is 4.98 Å². The standard InChI is InChI=1S/C16H28N2S/c1-5-6-7-8-19-16-14(4)9-15(12-18-16)11-17-10-13(2)3/h9,12-13,17H,5-8,10-11H2,1-4H3. The number of unbranched alkanes of at least 4 members (excludes halogenated alkanes) is 2. The predicted octanol–water partition coefficient (Wildman–Crippen LogP) is 4.42. The second kappa shape index (κ2) is 9.38. The summed E-state index contributed by atoms with van der Waals surface area (Å²) in [4.78, 5) is 4.60. The number of thioether (sulfide) groups is 1. The lowest BCUT2D eigenvalue weighted by Gasteiger charge is -2.09. The molecule has 0 aromatic carbocycles. The predicted molar refractivity (Wildman–Crippen MR) is 85.8 cm³/mol. The van der Waals surface area contributed by atoms with Crippen molar-refractivity contribution >= 4 is 11.8 Å². The van der Waals surface area contributed by atoms with Crippen LogP contribution in [0.3, 0.4) is 0 Å². The Morgan fingerprint density at radius 3 is 2.74 bits per heavy atom. The first kappa shape index (κ1) is 16.5. The molecule has 19 heavy (non-hydrogen) atoms.